The molecule has 3 nitrogen and oxygen atoms in total. The van der Waals surface area contributed by atoms with Crippen molar-refractivity contribution >= 4 is 11.6 Å². The predicted molar refractivity (Wildman–Crippen MR) is 67.7 cm³/mol. The van der Waals surface area contributed by atoms with E-state index in [-0.39, 0.29) is 17.7 Å². The van der Waals surface area contributed by atoms with E-state index in [0.717, 1.165) is 12.1 Å². The Morgan fingerprint density at radius 2 is 1.83 bits per heavy atom. The molecule has 4 rings (SSSR count). The van der Waals surface area contributed by atoms with E-state index in [1.165, 1.54) is 0 Å². The van der Waals surface area contributed by atoms with Crippen molar-refractivity contribution in [1.82, 2.24) is 0 Å². The molecule has 1 saturated heterocycles. The number of rotatable bonds is 1. The zero-order valence-electron chi connectivity index (χ0n) is 9.94. The first-order valence-electron chi connectivity index (χ1n) is 6.52. The van der Waals surface area contributed by atoms with E-state index >= 15 is 0 Å². The predicted octanol–water partition coefficient (Wildman–Crippen LogP) is 1.79. The molecule has 2 fully saturated rings. The largest absolute Gasteiger partial charge is 0.373 e. The molecule has 3 heteroatoms. The summed E-state index contributed by atoms with van der Waals surface area (Å²) in [5.41, 5.74) is 0.809. The topological polar surface area (TPSA) is 40.5 Å². The quantitative estimate of drug-likeness (QED) is 0.761. The van der Waals surface area contributed by atoms with Gasteiger partial charge in [0.15, 0.2) is 0 Å². The van der Waals surface area contributed by atoms with Crippen LogP contribution in [0.5, 0.6) is 0 Å². The number of fused-ring (bicyclic) bond motifs is 5. The monoisotopic (exact) mass is 241 g/mol. The number of aliphatic hydroxyl groups is 1. The summed E-state index contributed by atoms with van der Waals surface area (Å²) >= 11 is 0. The van der Waals surface area contributed by atoms with E-state index in [1.807, 2.05) is 30.3 Å². The highest BCUT2D eigenvalue weighted by Gasteiger charge is 2.59. The van der Waals surface area contributed by atoms with Gasteiger partial charge in [0.1, 0.15) is 6.23 Å². The Kier molecular flexibility index (Phi) is 1.98. The molecule has 1 heterocycles. The number of allylic oxidation sites excluding steroid dienone is 2. The zero-order valence-corrected chi connectivity index (χ0v) is 9.94. The minimum absolute atomic E-state index is 0.00444. The minimum Gasteiger partial charge on any atom is -0.373 e. The number of carbonyl (C=O) groups is 1. The number of para-hydroxylation sites is 1. The molecule has 1 saturated carbocycles. The van der Waals surface area contributed by atoms with Gasteiger partial charge in [-0.05, 0) is 30.4 Å². The van der Waals surface area contributed by atoms with Crippen molar-refractivity contribution in [1.29, 1.82) is 0 Å². The highest BCUT2D eigenvalue weighted by Crippen LogP contribution is 2.54. The number of anilines is 1. The summed E-state index contributed by atoms with van der Waals surface area (Å²) in [6.45, 7) is 0. The van der Waals surface area contributed by atoms with E-state index in [1.54, 1.807) is 4.90 Å². The molecule has 0 radical (unpaired) electrons. The van der Waals surface area contributed by atoms with E-state index in [2.05, 4.69) is 12.2 Å². The molecule has 5 atom stereocenters. The van der Waals surface area contributed by atoms with Crippen LogP contribution in [0, 0.1) is 23.7 Å². The van der Waals surface area contributed by atoms with Crippen molar-refractivity contribution in [3.8, 4) is 0 Å². The number of carbonyl (C=O) groups excluding carboxylic acids is 1. The fraction of sp³-hybridized carbons (Fsp3) is 0.400. The third-order valence-corrected chi connectivity index (χ3v) is 4.69. The lowest BCUT2D eigenvalue weighted by Crippen LogP contribution is -2.36. The van der Waals surface area contributed by atoms with Crippen molar-refractivity contribution in [2.45, 2.75) is 12.6 Å². The Morgan fingerprint density at radius 3 is 2.56 bits per heavy atom. The summed E-state index contributed by atoms with van der Waals surface area (Å²) in [5.74, 6) is 0.905. The Labute approximate surface area is 106 Å². The molecule has 1 aromatic rings. The van der Waals surface area contributed by atoms with Crippen molar-refractivity contribution < 1.29 is 9.90 Å². The van der Waals surface area contributed by atoms with Gasteiger partial charge in [0.2, 0.25) is 5.91 Å². The molecule has 1 amide bonds. The molecule has 1 N–H and O–H groups in total. The van der Waals surface area contributed by atoms with E-state index in [0.29, 0.717) is 11.8 Å². The first-order chi connectivity index (χ1) is 8.77. The third kappa shape index (κ3) is 1.15. The van der Waals surface area contributed by atoms with Crippen LogP contribution in [-0.4, -0.2) is 17.2 Å². The molecule has 1 aromatic carbocycles. The zero-order chi connectivity index (χ0) is 12.3. The standard InChI is InChI=1S/C15H15NO2/c17-14-12-9-6-7-10(8-9)13(12)15(18)16(14)11-4-2-1-3-5-11/h1-7,9-10,12-14,17H,8H2/t9-,10+,12-,13+,14-/m0/s1. The molecule has 92 valence electrons. The lowest BCUT2D eigenvalue weighted by Gasteiger charge is -2.25. The second-order valence-electron chi connectivity index (χ2n) is 5.51. The lowest BCUT2D eigenvalue weighted by atomic mass is 9.85. The lowest BCUT2D eigenvalue weighted by molar-refractivity contribution is -0.121. The van der Waals surface area contributed by atoms with Gasteiger partial charge in [0.25, 0.3) is 0 Å². The van der Waals surface area contributed by atoms with Crippen LogP contribution in [0.1, 0.15) is 6.42 Å². The third-order valence-electron chi connectivity index (χ3n) is 4.69. The Hall–Kier alpha value is -1.61. The number of amides is 1. The van der Waals surface area contributed by atoms with Crippen LogP contribution in [0.2, 0.25) is 0 Å². The smallest absolute Gasteiger partial charge is 0.233 e. The van der Waals surface area contributed by atoms with Gasteiger partial charge >= 0.3 is 0 Å². The van der Waals surface area contributed by atoms with Crippen LogP contribution in [0.4, 0.5) is 5.69 Å². The van der Waals surface area contributed by atoms with Gasteiger partial charge < -0.3 is 5.11 Å². The average Bonchev–Trinajstić information content (AvgIpc) is 3.05. The molecular formula is C15H15NO2. The van der Waals surface area contributed by atoms with Crippen molar-refractivity contribution in [2.75, 3.05) is 4.90 Å². The Balaban J connectivity index is 1.75. The molecule has 1 aliphatic heterocycles. The summed E-state index contributed by atoms with van der Waals surface area (Å²) in [7, 11) is 0. The van der Waals surface area contributed by atoms with Crippen molar-refractivity contribution in [2.24, 2.45) is 23.7 Å². The van der Waals surface area contributed by atoms with Gasteiger partial charge in [-0.25, -0.2) is 0 Å². The Morgan fingerprint density at radius 1 is 1.11 bits per heavy atom. The second kappa shape index (κ2) is 3.45. The normalized spacial score (nSPS) is 40.6. The maximum absolute atomic E-state index is 12.5. The number of aliphatic hydroxyl groups excluding tert-OH is 1. The number of hydrogen-bond acceptors (Lipinski definition) is 2. The van der Waals surface area contributed by atoms with Crippen molar-refractivity contribution in [3.63, 3.8) is 0 Å². The summed E-state index contributed by atoms with van der Waals surface area (Å²) in [6, 6.07) is 9.49. The highest BCUT2D eigenvalue weighted by atomic mass is 16.3. The fourth-order valence-corrected chi connectivity index (χ4v) is 3.95. The molecule has 0 spiro atoms. The summed E-state index contributed by atoms with van der Waals surface area (Å²) in [4.78, 5) is 14.1. The van der Waals surface area contributed by atoms with Crippen LogP contribution in [-0.2, 0) is 4.79 Å². The maximum atomic E-state index is 12.5. The molecule has 2 bridgehead atoms. The maximum Gasteiger partial charge on any atom is 0.233 e. The van der Waals surface area contributed by atoms with Gasteiger partial charge in [0.05, 0.1) is 5.92 Å². The van der Waals surface area contributed by atoms with Gasteiger partial charge in [-0.15, -0.1) is 0 Å². The minimum atomic E-state index is -0.662. The summed E-state index contributed by atoms with van der Waals surface area (Å²) < 4.78 is 0. The molecule has 0 unspecified atom stereocenters. The van der Waals surface area contributed by atoms with Crippen LogP contribution >= 0.6 is 0 Å². The van der Waals surface area contributed by atoms with Crippen LogP contribution in [0.25, 0.3) is 0 Å². The van der Waals surface area contributed by atoms with Crippen LogP contribution in [0.3, 0.4) is 0 Å². The first-order valence-corrected chi connectivity index (χ1v) is 6.52. The van der Waals surface area contributed by atoms with E-state index < -0.39 is 6.23 Å². The van der Waals surface area contributed by atoms with Gasteiger partial charge in [0, 0.05) is 11.6 Å². The van der Waals surface area contributed by atoms with Crippen LogP contribution < -0.4 is 4.90 Å². The molecule has 3 aliphatic rings. The average molecular weight is 241 g/mol. The molecule has 0 aromatic heterocycles. The highest BCUT2D eigenvalue weighted by molar-refractivity contribution is 5.99. The molecule has 18 heavy (non-hydrogen) atoms. The SMILES string of the molecule is O=C1[C@H]2[C@H]([C@H]3C=C[C@@H]2C3)[C@H](O)N1c1ccccc1. The number of benzene rings is 1. The molecule has 2 aliphatic carbocycles. The number of nitrogens with zero attached hydrogens (tertiary/aromatic N) is 1. The van der Waals surface area contributed by atoms with E-state index in [9.17, 15) is 9.90 Å². The van der Waals surface area contributed by atoms with Gasteiger partial charge in [-0.3, -0.25) is 9.69 Å². The van der Waals surface area contributed by atoms with E-state index in [4.69, 9.17) is 0 Å². The fourth-order valence-electron chi connectivity index (χ4n) is 3.95. The number of hydrogen-bond donors (Lipinski definition) is 1. The van der Waals surface area contributed by atoms with Crippen molar-refractivity contribution in [3.05, 3.63) is 42.5 Å². The summed E-state index contributed by atoms with van der Waals surface area (Å²) in [6.07, 6.45) is 4.72. The van der Waals surface area contributed by atoms with Gasteiger partial charge in [-0.2, -0.15) is 0 Å². The molecular weight excluding hydrogens is 226 g/mol. The Bertz CT molecular complexity index is 525. The van der Waals surface area contributed by atoms with Gasteiger partial charge in [-0.1, -0.05) is 30.4 Å². The van der Waals surface area contributed by atoms with Crippen LogP contribution in [0.15, 0.2) is 42.5 Å². The second-order valence-corrected chi connectivity index (χ2v) is 5.51. The summed E-state index contributed by atoms with van der Waals surface area (Å²) in [5, 5.41) is 10.5. The first kappa shape index (κ1) is 10.3.